The van der Waals surface area contributed by atoms with Crippen LogP contribution in [0.3, 0.4) is 0 Å². The van der Waals surface area contributed by atoms with Crippen LogP contribution in [0, 0.1) is 11.2 Å². The maximum Gasteiger partial charge on any atom is 0.319 e. The molecule has 1 aliphatic heterocycles. The zero-order chi connectivity index (χ0) is 22.5. The number of benzene rings is 2. The number of amides is 4. The lowest BCUT2D eigenvalue weighted by Crippen LogP contribution is -2.39. The van der Waals surface area contributed by atoms with E-state index in [-0.39, 0.29) is 30.3 Å². The minimum atomic E-state index is -0.747. The number of nitrogen functional groups attached to an aromatic ring is 1. The summed E-state index contributed by atoms with van der Waals surface area (Å²) in [5.41, 5.74) is 6.57. The molecule has 2 aromatic carbocycles. The maximum absolute atomic E-state index is 13.8. The van der Waals surface area contributed by atoms with E-state index >= 15 is 0 Å². The summed E-state index contributed by atoms with van der Waals surface area (Å²) in [5, 5.41) is 17.4. The highest BCUT2D eigenvalue weighted by atomic mass is 19.1. The lowest BCUT2D eigenvalue weighted by molar-refractivity contribution is -0.121. The summed E-state index contributed by atoms with van der Waals surface area (Å²) < 4.78 is 19.1. The molecule has 162 valence electrons. The van der Waals surface area contributed by atoms with E-state index < -0.39 is 29.6 Å². The Morgan fingerprint density at radius 2 is 2.06 bits per heavy atom. The van der Waals surface area contributed by atoms with E-state index in [2.05, 4.69) is 21.3 Å². The van der Waals surface area contributed by atoms with Crippen LogP contribution < -0.4 is 31.7 Å². The molecule has 4 amide bonds. The standard InChI is InChI=1S/C20H21FN6O4/c1-10(11-2-5-16-15(6-11)27-18(29)9-31-16)25-17(28)8-24-20(30)26-12-3-4-13(19(22)23)14(21)7-12/h2-7,10H,8-9H2,1H3,(H3,22,23)(H,25,28)(H,27,29)(H2,24,26,30). The molecule has 1 heterocycles. The number of urea groups is 1. The summed E-state index contributed by atoms with van der Waals surface area (Å²) in [4.78, 5) is 35.5. The van der Waals surface area contributed by atoms with Crippen LogP contribution in [-0.2, 0) is 9.59 Å². The molecular weight excluding hydrogens is 407 g/mol. The zero-order valence-electron chi connectivity index (χ0n) is 16.5. The number of hydrogen-bond donors (Lipinski definition) is 6. The largest absolute Gasteiger partial charge is 0.482 e. The van der Waals surface area contributed by atoms with Gasteiger partial charge in [-0.2, -0.15) is 0 Å². The maximum atomic E-state index is 13.8. The molecule has 0 bridgehead atoms. The molecule has 0 fully saturated rings. The first kappa shape index (κ1) is 21.6. The summed E-state index contributed by atoms with van der Waals surface area (Å²) in [6, 6.07) is 7.76. The van der Waals surface area contributed by atoms with Crippen molar-refractivity contribution in [2.45, 2.75) is 13.0 Å². The highest BCUT2D eigenvalue weighted by Gasteiger charge is 2.18. The van der Waals surface area contributed by atoms with Crippen LogP contribution in [0.5, 0.6) is 5.75 Å². The van der Waals surface area contributed by atoms with Gasteiger partial charge in [0.1, 0.15) is 17.4 Å². The van der Waals surface area contributed by atoms with Crippen molar-refractivity contribution in [3.05, 3.63) is 53.3 Å². The van der Waals surface area contributed by atoms with E-state index in [1.807, 2.05) is 0 Å². The van der Waals surface area contributed by atoms with Crippen molar-refractivity contribution in [3.63, 3.8) is 0 Å². The molecule has 31 heavy (non-hydrogen) atoms. The first-order chi connectivity index (χ1) is 14.7. The van der Waals surface area contributed by atoms with Gasteiger partial charge in [-0.05, 0) is 42.8 Å². The molecule has 0 radical (unpaired) electrons. The van der Waals surface area contributed by atoms with Crippen molar-refractivity contribution in [1.82, 2.24) is 10.6 Å². The highest BCUT2D eigenvalue weighted by molar-refractivity contribution is 5.97. The number of anilines is 2. The van der Waals surface area contributed by atoms with Crippen molar-refractivity contribution in [3.8, 4) is 5.75 Å². The molecular formula is C20H21FN6O4. The van der Waals surface area contributed by atoms with Gasteiger partial charge in [-0.15, -0.1) is 0 Å². The van der Waals surface area contributed by atoms with Gasteiger partial charge in [0.15, 0.2) is 6.61 Å². The Hall–Kier alpha value is -4.15. The molecule has 11 heteroatoms. The average molecular weight is 428 g/mol. The molecule has 2 aromatic rings. The summed E-state index contributed by atoms with van der Waals surface area (Å²) >= 11 is 0. The highest BCUT2D eigenvalue weighted by Crippen LogP contribution is 2.30. The predicted molar refractivity (Wildman–Crippen MR) is 112 cm³/mol. The minimum absolute atomic E-state index is 0.0418. The van der Waals surface area contributed by atoms with Crippen LogP contribution in [0.2, 0.25) is 0 Å². The number of nitrogens with two attached hydrogens (primary N) is 1. The monoisotopic (exact) mass is 428 g/mol. The van der Waals surface area contributed by atoms with Gasteiger partial charge in [0.05, 0.1) is 23.8 Å². The number of carbonyl (C=O) groups excluding carboxylic acids is 3. The molecule has 0 aromatic heterocycles. The third-order valence-electron chi connectivity index (χ3n) is 4.44. The number of ether oxygens (including phenoxy) is 1. The van der Waals surface area contributed by atoms with E-state index in [1.54, 1.807) is 25.1 Å². The van der Waals surface area contributed by atoms with E-state index in [1.165, 1.54) is 12.1 Å². The van der Waals surface area contributed by atoms with Gasteiger partial charge < -0.3 is 31.7 Å². The predicted octanol–water partition coefficient (Wildman–Crippen LogP) is 1.44. The zero-order valence-corrected chi connectivity index (χ0v) is 16.5. The molecule has 1 atom stereocenters. The molecule has 1 unspecified atom stereocenters. The number of halogens is 1. The second-order valence-electron chi connectivity index (χ2n) is 6.80. The Labute approximate surface area is 176 Å². The minimum Gasteiger partial charge on any atom is -0.482 e. The smallest absolute Gasteiger partial charge is 0.319 e. The van der Waals surface area contributed by atoms with Crippen molar-refractivity contribution >= 4 is 35.1 Å². The fourth-order valence-electron chi connectivity index (χ4n) is 2.89. The summed E-state index contributed by atoms with van der Waals surface area (Å²) in [5.74, 6) is -1.32. The fraction of sp³-hybridized carbons (Fsp3) is 0.200. The molecule has 10 nitrogen and oxygen atoms in total. The molecule has 0 saturated heterocycles. The van der Waals surface area contributed by atoms with Gasteiger partial charge in [0, 0.05) is 5.69 Å². The normalized spacial score (nSPS) is 13.2. The van der Waals surface area contributed by atoms with Crippen LogP contribution in [0.1, 0.15) is 24.1 Å². The average Bonchev–Trinajstić information content (AvgIpc) is 2.71. The Kier molecular flexibility index (Phi) is 6.34. The van der Waals surface area contributed by atoms with Gasteiger partial charge in [-0.25, -0.2) is 9.18 Å². The van der Waals surface area contributed by atoms with Crippen LogP contribution in [0.25, 0.3) is 0 Å². The number of hydrogen-bond acceptors (Lipinski definition) is 5. The Morgan fingerprint density at radius 1 is 1.29 bits per heavy atom. The van der Waals surface area contributed by atoms with Crippen molar-refractivity contribution in [2.24, 2.45) is 5.73 Å². The van der Waals surface area contributed by atoms with Gasteiger partial charge >= 0.3 is 6.03 Å². The molecule has 0 aliphatic carbocycles. The lowest BCUT2D eigenvalue weighted by atomic mass is 10.1. The number of fused-ring (bicyclic) bond motifs is 1. The second kappa shape index (κ2) is 9.11. The molecule has 3 rings (SSSR count). The third-order valence-corrected chi connectivity index (χ3v) is 4.44. The number of carbonyl (C=O) groups is 3. The van der Waals surface area contributed by atoms with Crippen molar-refractivity contribution in [1.29, 1.82) is 5.41 Å². The third kappa shape index (κ3) is 5.47. The van der Waals surface area contributed by atoms with Crippen LogP contribution in [-0.4, -0.2) is 36.8 Å². The summed E-state index contributed by atoms with van der Waals surface area (Å²) in [7, 11) is 0. The molecule has 1 aliphatic rings. The van der Waals surface area contributed by atoms with Gasteiger partial charge in [0.2, 0.25) is 5.91 Å². The van der Waals surface area contributed by atoms with Gasteiger partial charge in [-0.1, -0.05) is 6.07 Å². The first-order valence-electron chi connectivity index (χ1n) is 9.27. The molecule has 0 saturated carbocycles. The Bertz CT molecular complexity index is 1060. The fourth-order valence-corrected chi connectivity index (χ4v) is 2.89. The van der Waals surface area contributed by atoms with Gasteiger partial charge in [-0.3, -0.25) is 15.0 Å². The number of rotatable bonds is 6. The van der Waals surface area contributed by atoms with Crippen LogP contribution in [0.4, 0.5) is 20.6 Å². The lowest BCUT2D eigenvalue weighted by Gasteiger charge is -2.21. The molecule has 0 spiro atoms. The van der Waals surface area contributed by atoms with E-state index in [9.17, 15) is 18.8 Å². The Balaban J connectivity index is 1.50. The SMILES string of the molecule is CC(NC(=O)CNC(=O)Nc1ccc(C(=N)N)c(F)c1)c1ccc2c(c1)NC(=O)CO2. The van der Waals surface area contributed by atoms with E-state index in [4.69, 9.17) is 15.9 Å². The topological polar surface area (TPSA) is 158 Å². The Morgan fingerprint density at radius 3 is 2.77 bits per heavy atom. The van der Waals surface area contributed by atoms with Crippen LogP contribution in [0.15, 0.2) is 36.4 Å². The van der Waals surface area contributed by atoms with Gasteiger partial charge in [0.25, 0.3) is 5.91 Å². The number of amidine groups is 1. The number of nitrogens with one attached hydrogen (secondary N) is 5. The molecule has 7 N–H and O–H groups in total. The van der Waals surface area contributed by atoms with E-state index in [0.717, 1.165) is 11.6 Å². The second-order valence-corrected chi connectivity index (χ2v) is 6.80. The van der Waals surface area contributed by atoms with Crippen molar-refractivity contribution < 1.29 is 23.5 Å². The summed E-state index contributed by atoms with van der Waals surface area (Å²) in [6.07, 6.45) is 0. The van der Waals surface area contributed by atoms with Crippen molar-refractivity contribution in [2.75, 3.05) is 23.8 Å². The first-order valence-corrected chi connectivity index (χ1v) is 9.27. The quantitative estimate of drug-likeness (QED) is 0.303. The van der Waals surface area contributed by atoms with E-state index in [0.29, 0.717) is 11.4 Å². The van der Waals surface area contributed by atoms with Crippen LogP contribution >= 0.6 is 0 Å². The summed E-state index contributed by atoms with van der Waals surface area (Å²) in [6.45, 7) is 1.40.